The van der Waals surface area contributed by atoms with Gasteiger partial charge in [-0.15, -0.1) is 0 Å². The van der Waals surface area contributed by atoms with Gasteiger partial charge in [0, 0.05) is 32.1 Å². The molecule has 4 rings (SSSR count). The maximum absolute atomic E-state index is 13.1. The van der Waals surface area contributed by atoms with Gasteiger partial charge in [0.2, 0.25) is 5.91 Å². The summed E-state index contributed by atoms with van der Waals surface area (Å²) in [6.07, 6.45) is 2.38. The number of hydrogen-bond acceptors (Lipinski definition) is 3. The van der Waals surface area contributed by atoms with Gasteiger partial charge in [0.15, 0.2) is 0 Å². The summed E-state index contributed by atoms with van der Waals surface area (Å²) in [6, 6.07) is 25.2. The monoisotopic (exact) mass is 551 g/mol. The molecule has 5 nitrogen and oxygen atoms in total. The predicted molar refractivity (Wildman–Crippen MR) is 155 cm³/mol. The maximum atomic E-state index is 13.1. The number of amides is 2. The normalized spacial score (nSPS) is 16.0. The van der Waals surface area contributed by atoms with Crippen molar-refractivity contribution < 1.29 is 9.59 Å². The highest BCUT2D eigenvalue weighted by atomic mass is 35.5. The molecule has 1 aliphatic rings. The van der Waals surface area contributed by atoms with Gasteiger partial charge in [0.05, 0.1) is 15.5 Å². The first-order chi connectivity index (χ1) is 18.3. The van der Waals surface area contributed by atoms with E-state index in [2.05, 4.69) is 22.3 Å². The van der Waals surface area contributed by atoms with Crippen molar-refractivity contribution in [3.8, 4) is 0 Å². The molecule has 0 aliphatic carbocycles. The van der Waals surface area contributed by atoms with E-state index < -0.39 is 5.41 Å². The van der Waals surface area contributed by atoms with Gasteiger partial charge < -0.3 is 15.1 Å². The van der Waals surface area contributed by atoms with E-state index in [1.807, 2.05) is 73.8 Å². The summed E-state index contributed by atoms with van der Waals surface area (Å²) in [5.74, 6) is 0.159. The van der Waals surface area contributed by atoms with Crippen LogP contribution in [0, 0.1) is 0 Å². The Morgan fingerprint density at radius 1 is 0.947 bits per heavy atom. The Morgan fingerprint density at radius 3 is 2.18 bits per heavy atom. The molecule has 1 fully saturated rings. The Kier molecular flexibility index (Phi) is 9.48. The van der Waals surface area contributed by atoms with Crippen LogP contribution in [-0.4, -0.2) is 61.9 Å². The lowest BCUT2D eigenvalue weighted by molar-refractivity contribution is -0.128. The van der Waals surface area contributed by atoms with E-state index in [4.69, 9.17) is 23.2 Å². The quantitative estimate of drug-likeness (QED) is 0.353. The van der Waals surface area contributed by atoms with Crippen LogP contribution < -0.4 is 5.32 Å². The molecule has 1 atom stereocenters. The first-order valence-electron chi connectivity index (χ1n) is 13.1. The molecule has 3 aromatic rings. The van der Waals surface area contributed by atoms with Crippen LogP contribution in [-0.2, 0) is 10.2 Å². The van der Waals surface area contributed by atoms with Crippen LogP contribution in [0.1, 0.15) is 46.7 Å². The Morgan fingerprint density at radius 2 is 1.58 bits per heavy atom. The largest absolute Gasteiger partial charge is 0.358 e. The van der Waals surface area contributed by atoms with Crippen LogP contribution in [0.2, 0.25) is 10.0 Å². The fourth-order valence-electron chi connectivity index (χ4n) is 5.48. The lowest BCUT2D eigenvalue weighted by atomic mass is 9.72. The number of likely N-dealkylation sites (N-methyl/N-ethyl adjacent to an activating group) is 2. The van der Waals surface area contributed by atoms with Crippen molar-refractivity contribution in [3.05, 3.63) is 106 Å². The smallest absolute Gasteiger partial charge is 0.253 e. The third-order valence-corrected chi connectivity index (χ3v) is 8.51. The third-order valence-electron chi connectivity index (χ3n) is 7.77. The zero-order valence-electron chi connectivity index (χ0n) is 22.0. The van der Waals surface area contributed by atoms with Crippen molar-refractivity contribution in [2.24, 2.45) is 0 Å². The highest BCUT2D eigenvalue weighted by Crippen LogP contribution is 2.36. The van der Waals surface area contributed by atoms with Gasteiger partial charge in [-0.1, -0.05) is 77.8 Å². The number of carbonyl (C=O) groups is 2. The van der Waals surface area contributed by atoms with Crippen LogP contribution in [0.4, 0.5) is 0 Å². The Hall–Kier alpha value is -2.86. The zero-order valence-corrected chi connectivity index (χ0v) is 23.5. The third kappa shape index (κ3) is 6.40. The maximum Gasteiger partial charge on any atom is 0.253 e. The van der Waals surface area contributed by atoms with E-state index in [0.717, 1.165) is 50.0 Å². The van der Waals surface area contributed by atoms with E-state index in [1.54, 1.807) is 11.9 Å². The molecule has 1 aliphatic heterocycles. The molecule has 200 valence electrons. The van der Waals surface area contributed by atoms with Gasteiger partial charge in [0.25, 0.3) is 5.91 Å². The van der Waals surface area contributed by atoms with Crippen molar-refractivity contribution in [2.45, 2.75) is 30.6 Å². The standard InChI is InChI=1S/C31H35Cl2N3O2/c1-34-30(38)31(26-11-7-4-8-12-26)16-19-36(20-17-31)18-15-25(24-13-14-27(32)28(33)21-24)22-35(2)29(37)23-9-5-3-6-10-23/h3-14,21,25H,15-20,22H2,1-2H3,(H,34,38). The lowest BCUT2D eigenvalue weighted by Crippen LogP contribution is -2.51. The molecule has 1 heterocycles. The minimum absolute atomic E-state index is 0.00754. The molecular weight excluding hydrogens is 517 g/mol. The zero-order chi connectivity index (χ0) is 27.1. The number of piperidine rings is 1. The van der Waals surface area contributed by atoms with Crippen molar-refractivity contribution in [2.75, 3.05) is 40.3 Å². The number of benzene rings is 3. The molecule has 7 heteroatoms. The average molecular weight is 553 g/mol. The van der Waals surface area contributed by atoms with Gasteiger partial charge >= 0.3 is 0 Å². The summed E-state index contributed by atoms with van der Waals surface area (Å²) in [7, 11) is 3.56. The number of carbonyl (C=O) groups excluding carboxylic acids is 2. The fraction of sp³-hybridized carbons (Fsp3) is 0.355. The Bertz CT molecular complexity index is 1230. The summed E-state index contributed by atoms with van der Waals surface area (Å²) in [4.78, 5) is 30.3. The molecule has 3 aromatic carbocycles. The SMILES string of the molecule is CNC(=O)C1(c2ccccc2)CCN(CCC(CN(C)C(=O)c2ccccc2)c2ccc(Cl)c(Cl)c2)CC1. The molecule has 1 unspecified atom stereocenters. The molecule has 2 amide bonds. The fourth-order valence-corrected chi connectivity index (χ4v) is 5.79. The average Bonchev–Trinajstić information content (AvgIpc) is 2.97. The first kappa shape index (κ1) is 28.2. The second kappa shape index (κ2) is 12.8. The number of nitrogens with zero attached hydrogens (tertiary/aromatic N) is 2. The van der Waals surface area contributed by atoms with E-state index >= 15 is 0 Å². The summed E-state index contributed by atoms with van der Waals surface area (Å²) in [6.45, 7) is 3.08. The molecule has 1 saturated heterocycles. The molecule has 0 bridgehead atoms. The molecule has 0 aromatic heterocycles. The lowest BCUT2D eigenvalue weighted by Gasteiger charge is -2.41. The summed E-state index contributed by atoms with van der Waals surface area (Å²) in [5, 5.41) is 3.93. The van der Waals surface area contributed by atoms with E-state index in [-0.39, 0.29) is 17.7 Å². The minimum Gasteiger partial charge on any atom is -0.358 e. The Balaban J connectivity index is 1.46. The van der Waals surface area contributed by atoms with Crippen molar-refractivity contribution in [1.29, 1.82) is 0 Å². The second-order valence-corrected chi connectivity index (χ2v) is 10.9. The molecule has 0 radical (unpaired) electrons. The first-order valence-corrected chi connectivity index (χ1v) is 13.8. The van der Waals surface area contributed by atoms with Crippen LogP contribution in [0.3, 0.4) is 0 Å². The van der Waals surface area contributed by atoms with Gasteiger partial charge in [-0.2, -0.15) is 0 Å². The van der Waals surface area contributed by atoms with E-state index in [0.29, 0.717) is 22.2 Å². The number of likely N-dealkylation sites (tertiary alicyclic amines) is 1. The van der Waals surface area contributed by atoms with Crippen LogP contribution >= 0.6 is 23.2 Å². The van der Waals surface area contributed by atoms with Gasteiger partial charge in [0.1, 0.15) is 0 Å². The van der Waals surface area contributed by atoms with Gasteiger partial charge in [-0.25, -0.2) is 0 Å². The number of rotatable bonds is 9. The molecule has 1 N–H and O–H groups in total. The Labute approximate surface area is 235 Å². The number of halogens is 2. The highest BCUT2D eigenvalue weighted by Gasteiger charge is 2.42. The molecular formula is C31H35Cl2N3O2. The second-order valence-electron chi connectivity index (χ2n) is 10.1. The summed E-state index contributed by atoms with van der Waals surface area (Å²) >= 11 is 12.6. The van der Waals surface area contributed by atoms with Crippen molar-refractivity contribution in [3.63, 3.8) is 0 Å². The van der Waals surface area contributed by atoms with Gasteiger partial charge in [-0.3, -0.25) is 9.59 Å². The number of nitrogens with one attached hydrogen (secondary N) is 1. The highest BCUT2D eigenvalue weighted by molar-refractivity contribution is 6.42. The topological polar surface area (TPSA) is 52.7 Å². The molecule has 0 spiro atoms. The van der Waals surface area contributed by atoms with Crippen LogP contribution in [0.15, 0.2) is 78.9 Å². The van der Waals surface area contributed by atoms with E-state index in [1.165, 1.54) is 0 Å². The number of hydrogen-bond donors (Lipinski definition) is 1. The van der Waals surface area contributed by atoms with Gasteiger partial charge in [-0.05, 0) is 74.3 Å². The minimum atomic E-state index is -0.502. The van der Waals surface area contributed by atoms with Crippen molar-refractivity contribution >= 4 is 35.0 Å². The van der Waals surface area contributed by atoms with E-state index in [9.17, 15) is 9.59 Å². The predicted octanol–water partition coefficient (Wildman–Crippen LogP) is 6.02. The van der Waals surface area contributed by atoms with Crippen molar-refractivity contribution in [1.82, 2.24) is 15.1 Å². The van der Waals surface area contributed by atoms with Crippen LogP contribution in [0.5, 0.6) is 0 Å². The summed E-state index contributed by atoms with van der Waals surface area (Å²) < 4.78 is 0. The molecule has 0 saturated carbocycles. The summed E-state index contributed by atoms with van der Waals surface area (Å²) in [5.41, 5.74) is 2.31. The van der Waals surface area contributed by atoms with Crippen LogP contribution in [0.25, 0.3) is 0 Å². The molecule has 38 heavy (non-hydrogen) atoms.